The zero-order valence-electron chi connectivity index (χ0n) is 16.9. The summed E-state index contributed by atoms with van der Waals surface area (Å²) < 4.78 is 5.43. The lowest BCUT2D eigenvalue weighted by atomic mass is 10.1. The third-order valence-electron chi connectivity index (χ3n) is 5.26. The number of likely N-dealkylation sites (tertiary alicyclic amines) is 1. The molecule has 0 amide bonds. The molecule has 1 aliphatic heterocycles. The molecule has 28 heavy (non-hydrogen) atoms. The number of hydrogen-bond acceptors (Lipinski definition) is 3. The molecule has 2 atom stereocenters. The number of hydrogen-bond donors (Lipinski definition) is 2. The minimum absolute atomic E-state index is 0. The summed E-state index contributed by atoms with van der Waals surface area (Å²) in [5.41, 5.74) is 1.26. The van der Waals surface area contributed by atoms with Crippen LogP contribution < -0.4 is 10.6 Å². The van der Waals surface area contributed by atoms with Crippen LogP contribution in [0.2, 0.25) is 0 Å². The normalized spacial score (nSPS) is 18.5. The third kappa shape index (κ3) is 6.81. The summed E-state index contributed by atoms with van der Waals surface area (Å²) in [5, 5.41) is 7.04. The Bertz CT molecular complexity index is 690. The van der Waals surface area contributed by atoms with Gasteiger partial charge in [0, 0.05) is 19.0 Å². The van der Waals surface area contributed by atoms with Gasteiger partial charge in [-0.25, -0.2) is 0 Å². The van der Waals surface area contributed by atoms with Gasteiger partial charge in [-0.3, -0.25) is 9.89 Å². The van der Waals surface area contributed by atoms with Crippen LogP contribution in [0.3, 0.4) is 0 Å². The van der Waals surface area contributed by atoms with E-state index in [1.807, 2.05) is 18.2 Å². The predicted octanol–water partition coefficient (Wildman–Crippen LogP) is 4.22. The van der Waals surface area contributed by atoms with E-state index in [9.17, 15) is 0 Å². The Labute approximate surface area is 186 Å². The first-order valence-electron chi connectivity index (χ1n) is 10.1. The number of aliphatic imine (C=N–C) groups is 1. The van der Waals surface area contributed by atoms with Gasteiger partial charge >= 0.3 is 0 Å². The van der Waals surface area contributed by atoms with Crippen molar-refractivity contribution in [3.8, 4) is 0 Å². The molecule has 5 nitrogen and oxygen atoms in total. The van der Waals surface area contributed by atoms with Gasteiger partial charge in [-0.1, -0.05) is 37.3 Å². The number of likely N-dealkylation sites (N-methyl/N-ethyl adjacent to an activating group) is 1. The van der Waals surface area contributed by atoms with Crippen LogP contribution in [-0.4, -0.2) is 43.1 Å². The van der Waals surface area contributed by atoms with E-state index < -0.39 is 0 Å². The lowest BCUT2D eigenvalue weighted by molar-refractivity contribution is 0.273. The number of nitrogens with zero attached hydrogens (tertiary/aromatic N) is 2. The first kappa shape index (κ1) is 22.7. The van der Waals surface area contributed by atoms with E-state index in [1.165, 1.54) is 24.9 Å². The van der Waals surface area contributed by atoms with Crippen molar-refractivity contribution in [2.24, 2.45) is 4.99 Å². The topological polar surface area (TPSA) is 52.8 Å². The minimum atomic E-state index is 0. The van der Waals surface area contributed by atoms with Gasteiger partial charge in [0.05, 0.1) is 18.8 Å². The van der Waals surface area contributed by atoms with Crippen molar-refractivity contribution in [1.82, 2.24) is 15.5 Å². The average Bonchev–Trinajstić information content (AvgIpc) is 3.38. The van der Waals surface area contributed by atoms with E-state index >= 15 is 0 Å². The molecule has 0 spiro atoms. The molecule has 1 aliphatic rings. The van der Waals surface area contributed by atoms with Crippen molar-refractivity contribution in [3.05, 3.63) is 60.1 Å². The van der Waals surface area contributed by atoms with Crippen molar-refractivity contribution in [2.75, 3.05) is 26.2 Å². The average molecular weight is 496 g/mol. The van der Waals surface area contributed by atoms with Crippen LogP contribution >= 0.6 is 24.0 Å². The summed E-state index contributed by atoms with van der Waals surface area (Å²) in [4.78, 5) is 7.44. The lowest BCUT2D eigenvalue weighted by Crippen LogP contribution is -2.41. The molecule has 1 aromatic carbocycles. The molecule has 6 heteroatoms. The largest absolute Gasteiger partial charge is 0.469 e. The molecule has 1 fully saturated rings. The Hall–Kier alpha value is -1.54. The fourth-order valence-corrected chi connectivity index (χ4v) is 3.66. The van der Waals surface area contributed by atoms with Gasteiger partial charge in [0.2, 0.25) is 0 Å². The van der Waals surface area contributed by atoms with Crippen molar-refractivity contribution in [3.63, 3.8) is 0 Å². The van der Waals surface area contributed by atoms with Crippen LogP contribution in [0.15, 0.2) is 58.1 Å². The van der Waals surface area contributed by atoms with Crippen molar-refractivity contribution in [2.45, 2.75) is 45.2 Å². The highest BCUT2D eigenvalue weighted by Crippen LogP contribution is 2.17. The Kier molecular flexibility index (Phi) is 9.84. The van der Waals surface area contributed by atoms with Crippen LogP contribution in [-0.2, 0) is 6.42 Å². The Morgan fingerprint density at radius 1 is 1.25 bits per heavy atom. The van der Waals surface area contributed by atoms with E-state index in [-0.39, 0.29) is 30.0 Å². The maximum atomic E-state index is 5.43. The van der Waals surface area contributed by atoms with Gasteiger partial charge in [-0.15, -0.1) is 24.0 Å². The zero-order chi connectivity index (χ0) is 18.9. The molecule has 0 saturated carbocycles. The zero-order valence-corrected chi connectivity index (χ0v) is 19.3. The second-order valence-corrected chi connectivity index (χ2v) is 7.15. The van der Waals surface area contributed by atoms with Gasteiger partial charge in [0.15, 0.2) is 5.96 Å². The van der Waals surface area contributed by atoms with E-state index in [2.05, 4.69) is 53.6 Å². The van der Waals surface area contributed by atoms with E-state index in [0.29, 0.717) is 6.04 Å². The van der Waals surface area contributed by atoms with Crippen molar-refractivity contribution < 1.29 is 4.42 Å². The quantitative estimate of drug-likeness (QED) is 0.327. The minimum Gasteiger partial charge on any atom is -0.469 e. The van der Waals surface area contributed by atoms with Gasteiger partial charge < -0.3 is 15.1 Å². The highest BCUT2D eigenvalue weighted by Gasteiger charge is 2.22. The molecule has 0 radical (unpaired) electrons. The fraction of sp³-hybridized carbons (Fsp3) is 0.500. The number of nitrogens with one attached hydrogen (secondary N) is 2. The monoisotopic (exact) mass is 496 g/mol. The molecule has 3 rings (SSSR count). The second-order valence-electron chi connectivity index (χ2n) is 7.15. The van der Waals surface area contributed by atoms with Crippen molar-refractivity contribution in [1.29, 1.82) is 0 Å². The molecular weight excluding hydrogens is 463 g/mol. The summed E-state index contributed by atoms with van der Waals surface area (Å²) in [6, 6.07) is 15.2. The second kappa shape index (κ2) is 12.1. The molecule has 154 valence electrons. The lowest BCUT2D eigenvalue weighted by Gasteiger charge is -2.23. The maximum Gasteiger partial charge on any atom is 0.191 e. The molecule has 1 saturated heterocycles. The van der Waals surface area contributed by atoms with E-state index in [4.69, 9.17) is 9.41 Å². The standard InChI is InChI=1S/C22H32N4O.HI/c1-3-26-15-7-11-20(26)17-24-22(23-14-13-21-12-8-16-27-21)25-18(2)19-9-5-4-6-10-19;/h4-6,8-10,12,16,18,20H,3,7,11,13-15,17H2,1-2H3,(H2,23,24,25);1H. The molecule has 2 unspecified atom stereocenters. The molecule has 2 aromatic rings. The summed E-state index contributed by atoms with van der Waals surface area (Å²) in [6.45, 7) is 8.35. The number of halogens is 1. The Morgan fingerprint density at radius 3 is 2.79 bits per heavy atom. The fourth-order valence-electron chi connectivity index (χ4n) is 3.66. The van der Waals surface area contributed by atoms with E-state index in [0.717, 1.165) is 37.8 Å². The Morgan fingerprint density at radius 2 is 2.07 bits per heavy atom. The van der Waals surface area contributed by atoms with Crippen molar-refractivity contribution >= 4 is 29.9 Å². The first-order valence-corrected chi connectivity index (χ1v) is 10.1. The SMILES string of the molecule is CCN1CCCC1CN=C(NCCc1ccco1)NC(C)c1ccccc1.I. The van der Waals surface area contributed by atoms with E-state index in [1.54, 1.807) is 6.26 Å². The maximum absolute atomic E-state index is 5.43. The van der Waals surface area contributed by atoms with Crippen LogP contribution in [0.25, 0.3) is 0 Å². The Balaban J connectivity index is 0.00000280. The molecule has 2 heterocycles. The molecule has 0 aliphatic carbocycles. The predicted molar refractivity (Wildman–Crippen MR) is 126 cm³/mol. The number of furan rings is 1. The highest BCUT2D eigenvalue weighted by molar-refractivity contribution is 14.0. The molecular formula is C22H33IN4O. The smallest absolute Gasteiger partial charge is 0.191 e. The van der Waals surface area contributed by atoms with Crippen LogP contribution in [0.4, 0.5) is 0 Å². The van der Waals surface area contributed by atoms with Crippen LogP contribution in [0.1, 0.15) is 44.1 Å². The number of rotatable bonds is 8. The third-order valence-corrected chi connectivity index (χ3v) is 5.26. The number of guanidine groups is 1. The summed E-state index contributed by atoms with van der Waals surface area (Å²) in [5.74, 6) is 1.87. The summed E-state index contributed by atoms with van der Waals surface area (Å²) in [6.07, 6.45) is 5.09. The van der Waals surface area contributed by atoms with Crippen LogP contribution in [0, 0.1) is 0 Å². The highest BCUT2D eigenvalue weighted by atomic mass is 127. The number of benzene rings is 1. The van der Waals surface area contributed by atoms with Gasteiger partial charge in [0.1, 0.15) is 5.76 Å². The van der Waals surface area contributed by atoms with Crippen LogP contribution in [0.5, 0.6) is 0 Å². The van der Waals surface area contributed by atoms with Gasteiger partial charge in [-0.05, 0) is 50.6 Å². The molecule has 0 bridgehead atoms. The van der Waals surface area contributed by atoms with Gasteiger partial charge in [0.25, 0.3) is 0 Å². The first-order chi connectivity index (χ1) is 13.3. The molecule has 1 aromatic heterocycles. The summed E-state index contributed by atoms with van der Waals surface area (Å²) >= 11 is 0. The molecule has 2 N–H and O–H groups in total. The summed E-state index contributed by atoms with van der Waals surface area (Å²) in [7, 11) is 0. The van der Waals surface area contributed by atoms with Gasteiger partial charge in [-0.2, -0.15) is 0 Å².